The Morgan fingerprint density at radius 1 is 1.27 bits per heavy atom. The molecule has 2 aliphatic heterocycles. The van der Waals surface area contributed by atoms with Crippen LogP contribution >= 0.6 is 0 Å². The van der Waals surface area contributed by atoms with Gasteiger partial charge in [-0.05, 0) is 43.4 Å². The van der Waals surface area contributed by atoms with Crippen molar-refractivity contribution in [1.82, 2.24) is 14.5 Å². The van der Waals surface area contributed by atoms with Gasteiger partial charge < -0.3 is 24.8 Å². The zero-order valence-corrected chi connectivity index (χ0v) is 16.8. The summed E-state index contributed by atoms with van der Waals surface area (Å²) in [6.07, 6.45) is 1.50. The molecule has 1 saturated carbocycles. The Morgan fingerprint density at radius 2 is 2.10 bits per heavy atom. The number of piperidine rings is 1. The van der Waals surface area contributed by atoms with Crippen LogP contribution in [0.25, 0.3) is 11.0 Å². The van der Waals surface area contributed by atoms with Gasteiger partial charge in [0.2, 0.25) is 11.9 Å². The molecule has 0 bridgehead atoms. The maximum Gasteiger partial charge on any atom is 0.243 e. The fourth-order valence-corrected chi connectivity index (χ4v) is 4.65. The average Bonchev–Trinajstić information content (AvgIpc) is 3.53. The summed E-state index contributed by atoms with van der Waals surface area (Å²) in [5.41, 5.74) is 7.12. The highest BCUT2D eigenvalue weighted by Crippen LogP contribution is 2.37. The summed E-state index contributed by atoms with van der Waals surface area (Å²) in [6.45, 7) is 2.49. The number of halogens is 2. The Labute approximate surface area is 173 Å². The van der Waals surface area contributed by atoms with Crippen LogP contribution in [0.3, 0.4) is 0 Å². The van der Waals surface area contributed by atoms with Crippen LogP contribution in [0.2, 0.25) is 0 Å². The van der Waals surface area contributed by atoms with Gasteiger partial charge in [0.15, 0.2) is 0 Å². The van der Waals surface area contributed by atoms with Crippen molar-refractivity contribution in [1.29, 1.82) is 0 Å². The van der Waals surface area contributed by atoms with E-state index in [1.165, 1.54) is 12.1 Å². The summed E-state index contributed by atoms with van der Waals surface area (Å²) in [7, 11) is 0. The van der Waals surface area contributed by atoms with Crippen LogP contribution in [0.4, 0.5) is 14.7 Å². The first-order valence-corrected chi connectivity index (χ1v) is 10.7. The number of fused-ring (bicyclic) bond motifs is 1. The molecule has 3 aliphatic rings. The van der Waals surface area contributed by atoms with E-state index < -0.39 is 12.2 Å². The van der Waals surface area contributed by atoms with Gasteiger partial charge in [-0.1, -0.05) is 0 Å². The molecule has 3 fully saturated rings. The van der Waals surface area contributed by atoms with Crippen LogP contribution in [-0.2, 0) is 16.1 Å². The Kier molecular flexibility index (Phi) is 5.10. The van der Waals surface area contributed by atoms with Gasteiger partial charge in [0, 0.05) is 19.6 Å². The quantitative estimate of drug-likeness (QED) is 0.816. The highest BCUT2D eigenvalue weighted by molar-refractivity contribution is 5.83. The first kappa shape index (κ1) is 19.7. The number of benzene rings is 1. The molecule has 30 heavy (non-hydrogen) atoms. The summed E-state index contributed by atoms with van der Waals surface area (Å²) in [5, 5.41) is 0. The van der Waals surface area contributed by atoms with Crippen molar-refractivity contribution in [3.63, 3.8) is 0 Å². The predicted molar refractivity (Wildman–Crippen MR) is 108 cm³/mol. The lowest BCUT2D eigenvalue weighted by atomic mass is 10.1. The number of carbonyl (C=O) groups excluding carboxylic acids is 1. The second kappa shape index (κ2) is 7.77. The number of imidazole rings is 1. The molecule has 1 amide bonds. The lowest BCUT2D eigenvalue weighted by Gasteiger charge is -2.37. The van der Waals surface area contributed by atoms with Crippen LogP contribution in [0.15, 0.2) is 18.2 Å². The minimum atomic E-state index is -1.05. The summed E-state index contributed by atoms with van der Waals surface area (Å²) >= 11 is 0. The van der Waals surface area contributed by atoms with Gasteiger partial charge >= 0.3 is 0 Å². The van der Waals surface area contributed by atoms with Crippen molar-refractivity contribution in [2.45, 2.75) is 44.1 Å². The van der Waals surface area contributed by atoms with Crippen LogP contribution in [0, 0.1) is 11.7 Å². The lowest BCUT2D eigenvalue weighted by molar-refractivity contribution is -0.141. The predicted octanol–water partition coefficient (Wildman–Crippen LogP) is 1.69. The van der Waals surface area contributed by atoms with E-state index in [2.05, 4.69) is 4.98 Å². The molecular formula is C21H27F2N5O2. The van der Waals surface area contributed by atoms with Gasteiger partial charge in [0.1, 0.15) is 18.5 Å². The topological polar surface area (TPSA) is 76.6 Å². The smallest absolute Gasteiger partial charge is 0.243 e. The minimum absolute atomic E-state index is 0.0234. The van der Waals surface area contributed by atoms with Crippen molar-refractivity contribution < 1.29 is 18.3 Å². The summed E-state index contributed by atoms with van der Waals surface area (Å²) in [5.74, 6) is 0.642. The molecule has 1 aromatic carbocycles. The molecule has 1 aliphatic carbocycles. The van der Waals surface area contributed by atoms with E-state index in [1.807, 2.05) is 9.80 Å². The van der Waals surface area contributed by atoms with Crippen molar-refractivity contribution >= 4 is 22.9 Å². The number of hydrogen-bond acceptors (Lipinski definition) is 5. The molecule has 2 saturated heterocycles. The number of ether oxygens (including phenoxy) is 1. The van der Waals surface area contributed by atoms with E-state index in [0.29, 0.717) is 62.2 Å². The molecule has 9 heteroatoms. The second-order valence-electron chi connectivity index (χ2n) is 8.61. The molecule has 0 unspecified atom stereocenters. The van der Waals surface area contributed by atoms with Gasteiger partial charge in [-0.15, -0.1) is 0 Å². The molecule has 5 rings (SSSR count). The van der Waals surface area contributed by atoms with Crippen LogP contribution in [0.1, 0.15) is 19.3 Å². The monoisotopic (exact) mass is 419 g/mol. The number of carbonyl (C=O) groups is 1. The van der Waals surface area contributed by atoms with Crippen molar-refractivity contribution in [2.24, 2.45) is 11.7 Å². The second-order valence-corrected chi connectivity index (χ2v) is 8.61. The molecular weight excluding hydrogens is 392 g/mol. The zero-order valence-electron chi connectivity index (χ0n) is 16.8. The highest BCUT2D eigenvalue weighted by Gasteiger charge is 2.39. The molecule has 2 aromatic rings. The van der Waals surface area contributed by atoms with E-state index in [9.17, 15) is 13.6 Å². The molecule has 0 spiro atoms. The number of aromatic nitrogens is 2. The summed E-state index contributed by atoms with van der Waals surface area (Å²) in [4.78, 5) is 21.8. The fraction of sp³-hybridized carbons (Fsp3) is 0.619. The van der Waals surface area contributed by atoms with E-state index in [1.54, 1.807) is 10.6 Å². The largest absolute Gasteiger partial charge is 0.377 e. The maximum absolute atomic E-state index is 14.0. The standard InChI is InChI=1S/C21H27F2N5O2/c22-14-3-4-17-18(9-14)28(21(25-17)26-6-5-15(23)16(24)10-26)11-20(29)27-7-8-30-12-19(27)13-1-2-13/h3-4,9,13,15-16,19H,1-2,5-8,10-12,24H2/t15-,16-,19-/m1/s1. The van der Waals surface area contributed by atoms with Crippen molar-refractivity contribution in [2.75, 3.05) is 37.7 Å². The minimum Gasteiger partial charge on any atom is -0.377 e. The fourth-order valence-electron chi connectivity index (χ4n) is 4.65. The van der Waals surface area contributed by atoms with Crippen LogP contribution < -0.4 is 10.6 Å². The van der Waals surface area contributed by atoms with Crippen molar-refractivity contribution in [3.8, 4) is 0 Å². The molecule has 2 N–H and O–H groups in total. The number of hydrogen-bond donors (Lipinski definition) is 1. The van der Waals surface area contributed by atoms with Crippen LogP contribution in [0.5, 0.6) is 0 Å². The highest BCUT2D eigenvalue weighted by atomic mass is 19.1. The van der Waals surface area contributed by atoms with Gasteiger partial charge in [-0.2, -0.15) is 0 Å². The summed E-state index contributed by atoms with van der Waals surface area (Å²) < 4.78 is 35.3. The molecule has 162 valence electrons. The van der Waals surface area contributed by atoms with Gasteiger partial charge in [0.25, 0.3) is 0 Å². The number of morpholine rings is 1. The number of amides is 1. The van der Waals surface area contributed by atoms with E-state index in [4.69, 9.17) is 10.5 Å². The molecule has 7 nitrogen and oxygen atoms in total. The normalized spacial score (nSPS) is 27.6. The number of alkyl halides is 1. The van der Waals surface area contributed by atoms with Gasteiger partial charge in [-0.25, -0.2) is 13.8 Å². The number of rotatable bonds is 4. The molecule has 3 heterocycles. The third-order valence-electron chi connectivity index (χ3n) is 6.49. The first-order valence-electron chi connectivity index (χ1n) is 10.7. The Balaban J connectivity index is 1.47. The maximum atomic E-state index is 14.0. The van der Waals surface area contributed by atoms with E-state index >= 15 is 0 Å². The Morgan fingerprint density at radius 3 is 2.87 bits per heavy atom. The third kappa shape index (κ3) is 3.65. The Bertz CT molecular complexity index is 947. The van der Waals surface area contributed by atoms with Crippen molar-refractivity contribution in [3.05, 3.63) is 24.0 Å². The first-order chi connectivity index (χ1) is 14.5. The van der Waals surface area contributed by atoms with Gasteiger partial charge in [0.05, 0.1) is 36.3 Å². The van der Waals surface area contributed by atoms with E-state index in [-0.39, 0.29) is 24.3 Å². The van der Waals surface area contributed by atoms with E-state index in [0.717, 1.165) is 12.8 Å². The molecule has 3 atom stereocenters. The summed E-state index contributed by atoms with van der Waals surface area (Å²) in [6, 6.07) is 3.86. The third-order valence-corrected chi connectivity index (χ3v) is 6.49. The average molecular weight is 419 g/mol. The Hall–Kier alpha value is -2.26. The molecule has 0 radical (unpaired) electrons. The SMILES string of the molecule is N[C@@H]1CN(c2nc3ccc(F)cc3n2CC(=O)N2CCOC[C@@H]2C2CC2)CC[C@H]1F. The zero-order chi connectivity index (χ0) is 20.8. The van der Waals surface area contributed by atoms with Crippen LogP contribution in [-0.4, -0.2) is 71.5 Å². The number of nitrogens with two attached hydrogens (primary N) is 1. The number of nitrogens with zero attached hydrogens (tertiary/aromatic N) is 4. The van der Waals surface area contributed by atoms with Gasteiger partial charge in [-0.3, -0.25) is 4.79 Å². The molecule has 1 aromatic heterocycles. The lowest BCUT2D eigenvalue weighted by Crippen LogP contribution is -2.52. The number of anilines is 1.